The van der Waals surface area contributed by atoms with Crippen molar-refractivity contribution in [2.75, 3.05) is 13.6 Å². The molecular formula is C13H22N2O4. The minimum absolute atomic E-state index is 0.00755. The van der Waals surface area contributed by atoms with Crippen molar-refractivity contribution in [1.29, 1.82) is 0 Å². The number of urea groups is 1. The molecule has 0 aromatic carbocycles. The van der Waals surface area contributed by atoms with Crippen molar-refractivity contribution in [3.05, 3.63) is 0 Å². The number of carboxylic acids is 1. The van der Waals surface area contributed by atoms with Gasteiger partial charge in [0.15, 0.2) is 0 Å². The maximum atomic E-state index is 12.0. The van der Waals surface area contributed by atoms with E-state index in [1.165, 1.54) is 0 Å². The van der Waals surface area contributed by atoms with E-state index in [9.17, 15) is 14.7 Å². The highest BCUT2D eigenvalue weighted by atomic mass is 16.4. The van der Waals surface area contributed by atoms with Crippen LogP contribution in [0, 0.1) is 11.8 Å². The Kier molecular flexibility index (Phi) is 4.29. The van der Waals surface area contributed by atoms with Crippen LogP contribution in [0.5, 0.6) is 0 Å². The summed E-state index contributed by atoms with van der Waals surface area (Å²) >= 11 is 0. The molecule has 19 heavy (non-hydrogen) atoms. The summed E-state index contributed by atoms with van der Waals surface area (Å²) in [7, 11) is 1.71. The molecule has 0 spiro atoms. The van der Waals surface area contributed by atoms with Crippen LogP contribution in [-0.2, 0) is 4.79 Å². The number of nitrogens with one attached hydrogen (secondary N) is 1. The van der Waals surface area contributed by atoms with Crippen molar-refractivity contribution in [3.8, 4) is 0 Å². The third kappa shape index (κ3) is 4.09. The first kappa shape index (κ1) is 14.1. The highest BCUT2D eigenvalue weighted by molar-refractivity contribution is 5.75. The van der Waals surface area contributed by atoms with Crippen molar-refractivity contribution >= 4 is 12.0 Å². The zero-order chi connectivity index (χ0) is 14.0. The van der Waals surface area contributed by atoms with Crippen LogP contribution in [0.15, 0.2) is 0 Å². The van der Waals surface area contributed by atoms with Gasteiger partial charge in [-0.15, -0.1) is 0 Å². The molecule has 0 bridgehead atoms. The SMILES string of the molecule is CN(CC1CC(O)C1)C(=O)NC(CC(=O)O)C1CC1. The molecule has 3 N–H and O–H groups in total. The van der Waals surface area contributed by atoms with E-state index < -0.39 is 5.97 Å². The number of carboxylic acid groups (broad SMARTS) is 1. The summed E-state index contributed by atoms with van der Waals surface area (Å²) in [5, 5.41) is 20.9. The predicted octanol–water partition coefficient (Wildman–Crippen LogP) is 0.652. The summed E-state index contributed by atoms with van der Waals surface area (Å²) in [6.07, 6.45) is 3.27. The van der Waals surface area contributed by atoms with E-state index in [1.807, 2.05) is 0 Å². The number of amides is 2. The van der Waals surface area contributed by atoms with Gasteiger partial charge < -0.3 is 20.4 Å². The smallest absolute Gasteiger partial charge is 0.317 e. The van der Waals surface area contributed by atoms with Gasteiger partial charge in [0, 0.05) is 19.6 Å². The predicted molar refractivity (Wildman–Crippen MR) is 68.7 cm³/mol. The normalized spacial score (nSPS) is 27.3. The van der Waals surface area contributed by atoms with E-state index in [0.29, 0.717) is 18.4 Å². The molecule has 2 amide bonds. The van der Waals surface area contributed by atoms with Gasteiger partial charge in [0.05, 0.1) is 12.5 Å². The molecule has 0 radical (unpaired) electrons. The van der Waals surface area contributed by atoms with E-state index in [2.05, 4.69) is 5.32 Å². The van der Waals surface area contributed by atoms with Gasteiger partial charge in [-0.1, -0.05) is 0 Å². The Labute approximate surface area is 112 Å². The molecule has 0 heterocycles. The molecule has 6 heteroatoms. The number of hydrogen-bond donors (Lipinski definition) is 3. The summed E-state index contributed by atoms with van der Waals surface area (Å²) in [4.78, 5) is 24.3. The molecule has 0 saturated heterocycles. The lowest BCUT2D eigenvalue weighted by Crippen LogP contribution is -2.48. The highest BCUT2D eigenvalue weighted by Crippen LogP contribution is 2.34. The fraction of sp³-hybridized carbons (Fsp3) is 0.846. The molecule has 1 unspecified atom stereocenters. The van der Waals surface area contributed by atoms with Crippen LogP contribution in [0.4, 0.5) is 4.79 Å². The van der Waals surface area contributed by atoms with Crippen molar-refractivity contribution < 1.29 is 19.8 Å². The molecule has 108 valence electrons. The Morgan fingerprint density at radius 1 is 1.37 bits per heavy atom. The average molecular weight is 270 g/mol. The van der Waals surface area contributed by atoms with Gasteiger partial charge >= 0.3 is 12.0 Å². The van der Waals surface area contributed by atoms with E-state index in [4.69, 9.17) is 5.11 Å². The number of carbonyl (C=O) groups excluding carboxylic acids is 1. The Bertz CT molecular complexity index is 351. The van der Waals surface area contributed by atoms with Crippen LogP contribution in [0.3, 0.4) is 0 Å². The van der Waals surface area contributed by atoms with Gasteiger partial charge in [-0.3, -0.25) is 4.79 Å². The molecule has 2 fully saturated rings. The van der Waals surface area contributed by atoms with Crippen LogP contribution in [0.2, 0.25) is 0 Å². The maximum absolute atomic E-state index is 12.0. The second kappa shape index (κ2) is 5.77. The van der Waals surface area contributed by atoms with Crippen LogP contribution < -0.4 is 5.32 Å². The Morgan fingerprint density at radius 3 is 2.47 bits per heavy atom. The van der Waals surface area contributed by atoms with Gasteiger partial charge in [-0.25, -0.2) is 4.79 Å². The Hall–Kier alpha value is -1.30. The van der Waals surface area contributed by atoms with Crippen molar-refractivity contribution in [2.24, 2.45) is 11.8 Å². The Morgan fingerprint density at radius 2 is 2.00 bits per heavy atom. The minimum atomic E-state index is -0.873. The number of nitrogens with zero attached hydrogens (tertiary/aromatic N) is 1. The van der Waals surface area contributed by atoms with Crippen molar-refractivity contribution in [3.63, 3.8) is 0 Å². The second-order valence-electron chi connectivity index (χ2n) is 5.86. The number of aliphatic hydroxyl groups excluding tert-OH is 1. The lowest BCUT2D eigenvalue weighted by atomic mass is 9.82. The van der Waals surface area contributed by atoms with Gasteiger partial charge in [-0.2, -0.15) is 0 Å². The fourth-order valence-corrected chi connectivity index (χ4v) is 2.61. The average Bonchev–Trinajstić information content (AvgIpc) is 3.08. The van der Waals surface area contributed by atoms with Gasteiger partial charge in [0.25, 0.3) is 0 Å². The van der Waals surface area contributed by atoms with Crippen LogP contribution in [-0.4, -0.2) is 52.9 Å². The van der Waals surface area contributed by atoms with Crippen LogP contribution in [0.25, 0.3) is 0 Å². The number of aliphatic carboxylic acids is 1. The summed E-state index contributed by atoms with van der Waals surface area (Å²) in [6, 6.07) is -0.459. The first-order valence-corrected chi connectivity index (χ1v) is 6.87. The molecule has 0 aliphatic heterocycles. The first-order valence-electron chi connectivity index (χ1n) is 6.87. The zero-order valence-corrected chi connectivity index (χ0v) is 11.2. The molecule has 0 aromatic heterocycles. The number of carbonyl (C=O) groups is 2. The summed E-state index contributed by atoms with van der Waals surface area (Å²) < 4.78 is 0. The number of hydrogen-bond acceptors (Lipinski definition) is 3. The fourth-order valence-electron chi connectivity index (χ4n) is 2.61. The van der Waals surface area contributed by atoms with Crippen LogP contribution >= 0.6 is 0 Å². The molecule has 6 nitrogen and oxygen atoms in total. The lowest BCUT2D eigenvalue weighted by molar-refractivity contribution is -0.137. The van der Waals surface area contributed by atoms with Crippen molar-refractivity contribution in [1.82, 2.24) is 10.2 Å². The molecule has 2 aliphatic rings. The third-order valence-corrected chi connectivity index (χ3v) is 3.98. The topological polar surface area (TPSA) is 89.9 Å². The maximum Gasteiger partial charge on any atom is 0.317 e. The molecule has 2 rings (SSSR count). The third-order valence-electron chi connectivity index (χ3n) is 3.98. The molecule has 0 aromatic rings. The standard InChI is InChI=1S/C13H22N2O4/c1-15(7-8-4-10(16)5-8)13(19)14-11(6-12(17)18)9-2-3-9/h8-11,16H,2-7H2,1H3,(H,14,19)(H,17,18). The van der Waals surface area contributed by atoms with E-state index in [0.717, 1.165) is 25.7 Å². The molecule has 2 saturated carbocycles. The minimum Gasteiger partial charge on any atom is -0.481 e. The molecule has 1 atom stereocenters. The summed E-state index contributed by atoms with van der Waals surface area (Å²) in [6.45, 7) is 0.618. The van der Waals surface area contributed by atoms with Gasteiger partial charge in [0.2, 0.25) is 0 Å². The zero-order valence-electron chi connectivity index (χ0n) is 11.2. The van der Waals surface area contributed by atoms with Gasteiger partial charge in [-0.05, 0) is 37.5 Å². The van der Waals surface area contributed by atoms with Crippen LogP contribution in [0.1, 0.15) is 32.1 Å². The molecular weight excluding hydrogens is 248 g/mol. The second-order valence-corrected chi connectivity index (χ2v) is 5.86. The van der Waals surface area contributed by atoms with E-state index in [1.54, 1.807) is 11.9 Å². The Balaban J connectivity index is 1.75. The van der Waals surface area contributed by atoms with E-state index >= 15 is 0 Å². The number of aliphatic hydroxyl groups is 1. The summed E-state index contributed by atoms with van der Waals surface area (Å²) in [5.74, 6) is -0.189. The largest absolute Gasteiger partial charge is 0.481 e. The first-order chi connectivity index (χ1) is 8.95. The highest BCUT2D eigenvalue weighted by Gasteiger charge is 2.35. The van der Waals surface area contributed by atoms with E-state index in [-0.39, 0.29) is 24.6 Å². The van der Waals surface area contributed by atoms with Gasteiger partial charge in [0.1, 0.15) is 0 Å². The van der Waals surface area contributed by atoms with Crippen molar-refractivity contribution in [2.45, 2.75) is 44.2 Å². The lowest BCUT2D eigenvalue weighted by Gasteiger charge is -2.34. The number of rotatable bonds is 6. The quantitative estimate of drug-likeness (QED) is 0.661. The monoisotopic (exact) mass is 270 g/mol. The molecule has 2 aliphatic carbocycles. The summed E-state index contributed by atoms with van der Waals surface area (Å²) in [5.41, 5.74) is 0.